The average Bonchev–Trinajstić information content (AvgIpc) is 2.46. The molecular formula is C18H10. The highest BCUT2D eigenvalue weighted by Crippen LogP contribution is 2.21. The number of hydrogen-bond donors (Lipinski definition) is 0. The van der Waals surface area contributed by atoms with Crippen LogP contribution in [0.2, 0.25) is 0 Å². The first kappa shape index (κ1) is 9.50. The molecule has 0 amide bonds. The van der Waals surface area contributed by atoms with Gasteiger partial charge in [-0.15, -0.1) is 0 Å². The van der Waals surface area contributed by atoms with Gasteiger partial charge < -0.3 is 0 Å². The maximum Gasteiger partial charge on any atom is 0.0406 e. The lowest BCUT2D eigenvalue weighted by molar-refractivity contribution is 1.59. The number of hydrogen-bond acceptors (Lipinski definition) is 0. The summed E-state index contributed by atoms with van der Waals surface area (Å²) < 4.78 is 0. The maximum absolute atomic E-state index is 3.26. The van der Waals surface area contributed by atoms with Gasteiger partial charge in [0, 0.05) is 10.6 Å². The smallest absolute Gasteiger partial charge is 0.0406 e. The topological polar surface area (TPSA) is 0 Å². The number of rotatable bonds is 0. The Kier molecular flexibility index (Phi) is 1.84. The monoisotopic (exact) mass is 226 g/mol. The Bertz CT molecular complexity index is 978. The van der Waals surface area contributed by atoms with Gasteiger partial charge in [0.1, 0.15) is 0 Å². The highest BCUT2D eigenvalue weighted by atomic mass is 14.0. The SMILES string of the molecule is C1=C=c2c(ccc3ccc4ccccc4c23)=CC=1. The fourth-order valence-corrected chi connectivity index (χ4v) is 2.63. The van der Waals surface area contributed by atoms with Crippen LogP contribution in [0, 0.1) is 0 Å². The molecule has 0 nitrogen and oxygen atoms in total. The molecule has 0 radical (unpaired) electrons. The number of fused-ring (bicyclic) bond motifs is 5. The first-order chi connectivity index (χ1) is 8.93. The van der Waals surface area contributed by atoms with Crippen LogP contribution >= 0.6 is 0 Å². The zero-order valence-electron chi connectivity index (χ0n) is 9.77. The first-order valence-electron chi connectivity index (χ1n) is 6.06. The predicted octanol–water partition coefficient (Wildman–Crippen LogP) is 2.88. The predicted molar refractivity (Wildman–Crippen MR) is 76.7 cm³/mol. The van der Waals surface area contributed by atoms with Crippen molar-refractivity contribution in [1.82, 2.24) is 0 Å². The summed E-state index contributed by atoms with van der Waals surface area (Å²) >= 11 is 0. The highest BCUT2D eigenvalue weighted by molar-refractivity contribution is 6.07. The van der Waals surface area contributed by atoms with E-state index in [1.54, 1.807) is 0 Å². The van der Waals surface area contributed by atoms with Crippen LogP contribution in [0.3, 0.4) is 0 Å². The third-order valence-corrected chi connectivity index (χ3v) is 3.49. The summed E-state index contributed by atoms with van der Waals surface area (Å²) in [5, 5.41) is 7.48. The molecule has 0 unspecified atom stereocenters. The summed E-state index contributed by atoms with van der Waals surface area (Å²) in [6.07, 6.45) is 4.01. The van der Waals surface area contributed by atoms with Crippen molar-refractivity contribution in [2.45, 2.75) is 0 Å². The van der Waals surface area contributed by atoms with E-state index >= 15 is 0 Å². The Morgan fingerprint density at radius 2 is 1.61 bits per heavy atom. The van der Waals surface area contributed by atoms with E-state index in [2.05, 4.69) is 66.1 Å². The molecule has 0 N–H and O–H groups in total. The fourth-order valence-electron chi connectivity index (χ4n) is 2.63. The largest absolute Gasteiger partial charge is 0.0695 e. The lowest BCUT2D eigenvalue weighted by atomic mass is 9.99. The zero-order valence-corrected chi connectivity index (χ0v) is 9.77. The summed E-state index contributed by atoms with van der Waals surface area (Å²) in [6, 6.07) is 17.2. The van der Waals surface area contributed by atoms with Gasteiger partial charge in [0.05, 0.1) is 0 Å². The average molecular weight is 226 g/mol. The van der Waals surface area contributed by atoms with Crippen LogP contribution in [-0.4, -0.2) is 0 Å². The van der Waals surface area contributed by atoms with Crippen molar-refractivity contribution in [3.05, 3.63) is 70.8 Å². The minimum Gasteiger partial charge on any atom is -0.0695 e. The summed E-state index contributed by atoms with van der Waals surface area (Å²) in [4.78, 5) is 0. The molecule has 0 heterocycles. The van der Waals surface area contributed by atoms with E-state index in [0.29, 0.717) is 0 Å². The molecule has 1 aliphatic carbocycles. The molecule has 0 atom stereocenters. The normalized spacial score (nSPS) is 12.2. The second-order valence-corrected chi connectivity index (χ2v) is 4.52. The van der Waals surface area contributed by atoms with Crippen LogP contribution in [0.15, 0.2) is 60.3 Å². The molecule has 0 heteroatoms. The molecular weight excluding hydrogens is 216 g/mol. The van der Waals surface area contributed by atoms with Gasteiger partial charge >= 0.3 is 0 Å². The summed E-state index contributed by atoms with van der Waals surface area (Å²) in [5.74, 6) is 0. The van der Waals surface area contributed by atoms with Gasteiger partial charge in [0.25, 0.3) is 0 Å². The standard InChI is InChI=1S/C18H10/c1-3-7-16-13(5-1)9-11-15-12-10-14-6-2-4-8-17(14)18(15)16/h1-3,5-7,9-12H. The van der Waals surface area contributed by atoms with Crippen molar-refractivity contribution in [2.24, 2.45) is 0 Å². The molecule has 82 valence electrons. The molecule has 0 fully saturated rings. The van der Waals surface area contributed by atoms with Gasteiger partial charge in [-0.05, 0) is 33.5 Å². The Morgan fingerprint density at radius 1 is 0.778 bits per heavy atom. The van der Waals surface area contributed by atoms with E-state index in [4.69, 9.17) is 0 Å². The molecule has 18 heavy (non-hydrogen) atoms. The van der Waals surface area contributed by atoms with Gasteiger partial charge in [-0.3, -0.25) is 0 Å². The lowest BCUT2D eigenvalue weighted by Gasteiger charge is -2.04. The van der Waals surface area contributed by atoms with E-state index in [1.165, 1.54) is 26.8 Å². The van der Waals surface area contributed by atoms with E-state index in [-0.39, 0.29) is 0 Å². The highest BCUT2D eigenvalue weighted by Gasteiger charge is 2.02. The molecule has 0 aromatic heterocycles. The van der Waals surface area contributed by atoms with Crippen molar-refractivity contribution in [3.8, 4) is 0 Å². The molecule has 0 spiro atoms. The number of benzene rings is 3. The van der Waals surface area contributed by atoms with Gasteiger partial charge in [-0.2, -0.15) is 0 Å². The molecule has 3 aromatic rings. The minimum atomic E-state index is 1.16. The lowest BCUT2D eigenvalue weighted by Crippen LogP contribution is -2.24. The molecule has 0 aliphatic heterocycles. The third kappa shape index (κ3) is 1.22. The van der Waals surface area contributed by atoms with Crippen LogP contribution in [0.1, 0.15) is 0 Å². The van der Waals surface area contributed by atoms with Gasteiger partial charge in [-0.1, -0.05) is 60.0 Å². The Balaban J connectivity index is 2.48. The van der Waals surface area contributed by atoms with Crippen LogP contribution in [0.25, 0.3) is 33.4 Å². The van der Waals surface area contributed by atoms with Gasteiger partial charge in [0.2, 0.25) is 0 Å². The molecule has 1 aliphatic rings. The van der Waals surface area contributed by atoms with E-state index in [9.17, 15) is 0 Å². The second kappa shape index (κ2) is 3.48. The summed E-state index contributed by atoms with van der Waals surface area (Å²) in [6.45, 7) is 0. The quantitative estimate of drug-likeness (QED) is 0.408. The van der Waals surface area contributed by atoms with Crippen molar-refractivity contribution in [2.75, 3.05) is 0 Å². The number of allylic oxidation sites excluding steroid dienone is 1. The third-order valence-electron chi connectivity index (χ3n) is 3.49. The second-order valence-electron chi connectivity index (χ2n) is 4.52. The molecule has 0 saturated heterocycles. The van der Waals surface area contributed by atoms with Crippen LogP contribution in [-0.2, 0) is 0 Å². The van der Waals surface area contributed by atoms with Crippen LogP contribution in [0.4, 0.5) is 0 Å². The Hall–Kier alpha value is -2.52. The van der Waals surface area contributed by atoms with Crippen molar-refractivity contribution >= 4 is 33.4 Å². The Morgan fingerprint density at radius 3 is 2.61 bits per heavy atom. The van der Waals surface area contributed by atoms with Crippen LogP contribution < -0.4 is 10.4 Å². The van der Waals surface area contributed by atoms with Crippen molar-refractivity contribution in [1.29, 1.82) is 0 Å². The summed E-state index contributed by atoms with van der Waals surface area (Å²) in [7, 11) is 0. The Labute approximate surface area is 104 Å². The molecule has 3 aromatic carbocycles. The van der Waals surface area contributed by atoms with Crippen LogP contribution in [0.5, 0.6) is 0 Å². The first-order valence-corrected chi connectivity index (χ1v) is 6.06. The summed E-state index contributed by atoms with van der Waals surface area (Å²) in [5.41, 5.74) is 6.33. The zero-order chi connectivity index (χ0) is 11.9. The fraction of sp³-hybridized carbons (Fsp3) is 0. The van der Waals surface area contributed by atoms with Gasteiger partial charge in [0.15, 0.2) is 0 Å². The van der Waals surface area contributed by atoms with E-state index in [1.807, 2.05) is 6.08 Å². The molecule has 4 rings (SSSR count). The van der Waals surface area contributed by atoms with Crippen molar-refractivity contribution < 1.29 is 0 Å². The van der Waals surface area contributed by atoms with E-state index in [0.717, 1.165) is 5.22 Å². The minimum absolute atomic E-state index is 1.16. The van der Waals surface area contributed by atoms with Gasteiger partial charge in [-0.25, -0.2) is 0 Å². The maximum atomic E-state index is 3.26. The molecule has 0 saturated carbocycles. The van der Waals surface area contributed by atoms with Crippen molar-refractivity contribution in [3.63, 3.8) is 0 Å². The van der Waals surface area contributed by atoms with E-state index < -0.39 is 0 Å². The molecule has 0 bridgehead atoms.